The molecule has 1 aromatic heterocycles. The highest BCUT2D eigenvalue weighted by Crippen LogP contribution is 2.39. The predicted octanol–water partition coefficient (Wildman–Crippen LogP) is 5.41. The molecule has 1 aliphatic heterocycles. The number of carbonyl (C=O) groups excluding carboxylic acids is 2. The van der Waals surface area contributed by atoms with E-state index in [0.717, 1.165) is 12.3 Å². The smallest absolute Gasteiger partial charge is 0.224 e. The third kappa shape index (κ3) is 5.20. The van der Waals surface area contributed by atoms with E-state index in [0.29, 0.717) is 38.8 Å². The molecule has 5 heteroatoms. The largest absolute Gasteiger partial charge is 0.369 e. The van der Waals surface area contributed by atoms with Crippen molar-refractivity contribution in [1.29, 1.82) is 0 Å². The first-order valence-electron chi connectivity index (χ1n) is 11.8. The lowest BCUT2D eigenvalue weighted by Gasteiger charge is -2.40. The number of piperidine rings is 1. The van der Waals surface area contributed by atoms with Crippen molar-refractivity contribution in [1.82, 2.24) is 4.90 Å². The van der Waals surface area contributed by atoms with E-state index in [-0.39, 0.29) is 11.8 Å². The molecule has 4 rings (SSSR count). The molecule has 0 spiro atoms. The van der Waals surface area contributed by atoms with Crippen LogP contribution < -0.4 is 5.73 Å². The lowest BCUT2D eigenvalue weighted by atomic mass is 9.72. The topological polar surface area (TPSA) is 63.4 Å². The van der Waals surface area contributed by atoms with Crippen molar-refractivity contribution in [3.63, 3.8) is 0 Å². The Morgan fingerprint density at radius 2 is 1.77 bits per heavy atom. The minimum atomic E-state index is -0.576. The molecular weight excluding hydrogens is 404 g/mol. The molecule has 2 aliphatic rings. The molecule has 2 amide bonds. The van der Waals surface area contributed by atoms with Gasteiger partial charge in [0.25, 0.3) is 0 Å². The van der Waals surface area contributed by atoms with Gasteiger partial charge in [-0.15, -0.1) is 11.3 Å². The molecule has 1 saturated heterocycles. The zero-order valence-corrected chi connectivity index (χ0v) is 19.2. The SMILES string of the molecule is NC(=O)C1(Cc2ccccc2-c2cccs2)CCN(C(=O)CCC2CCCCC2)CC1. The summed E-state index contributed by atoms with van der Waals surface area (Å²) >= 11 is 1.71. The molecule has 0 unspecified atom stereocenters. The number of benzene rings is 1. The van der Waals surface area contributed by atoms with Crippen molar-refractivity contribution in [3.05, 3.63) is 47.3 Å². The summed E-state index contributed by atoms with van der Waals surface area (Å²) in [6, 6.07) is 12.5. The van der Waals surface area contributed by atoms with Crippen LogP contribution in [0.2, 0.25) is 0 Å². The number of carbonyl (C=O) groups is 2. The van der Waals surface area contributed by atoms with Gasteiger partial charge in [-0.25, -0.2) is 0 Å². The van der Waals surface area contributed by atoms with Crippen molar-refractivity contribution < 1.29 is 9.59 Å². The third-order valence-corrected chi connectivity index (χ3v) is 8.32. The first kappa shape index (κ1) is 22.1. The lowest BCUT2D eigenvalue weighted by Crippen LogP contribution is -2.50. The average Bonchev–Trinajstić information content (AvgIpc) is 3.34. The minimum absolute atomic E-state index is 0.234. The molecule has 2 aromatic rings. The van der Waals surface area contributed by atoms with E-state index in [1.807, 2.05) is 17.0 Å². The Balaban J connectivity index is 1.39. The van der Waals surface area contributed by atoms with Crippen LogP contribution in [0.15, 0.2) is 41.8 Å². The number of thiophene rings is 1. The highest BCUT2D eigenvalue weighted by atomic mass is 32.1. The highest BCUT2D eigenvalue weighted by Gasteiger charge is 2.41. The number of likely N-dealkylation sites (tertiary alicyclic amines) is 1. The molecule has 1 aromatic carbocycles. The Bertz CT molecular complexity index is 879. The number of primary amides is 1. The Morgan fingerprint density at radius 1 is 1.03 bits per heavy atom. The fourth-order valence-electron chi connectivity index (χ4n) is 5.37. The summed E-state index contributed by atoms with van der Waals surface area (Å²) in [5.74, 6) is 0.742. The molecule has 0 bridgehead atoms. The normalized spacial score (nSPS) is 19.3. The Hall–Kier alpha value is -2.14. The fourth-order valence-corrected chi connectivity index (χ4v) is 6.15. The molecule has 2 heterocycles. The molecular formula is C26H34N2O2S. The monoisotopic (exact) mass is 438 g/mol. The molecule has 4 nitrogen and oxygen atoms in total. The summed E-state index contributed by atoms with van der Waals surface area (Å²) < 4.78 is 0. The van der Waals surface area contributed by atoms with Gasteiger partial charge in [-0.3, -0.25) is 9.59 Å². The first-order chi connectivity index (χ1) is 15.1. The molecule has 2 N–H and O–H groups in total. The summed E-state index contributed by atoms with van der Waals surface area (Å²) in [7, 11) is 0. The van der Waals surface area contributed by atoms with Gasteiger partial charge >= 0.3 is 0 Å². The van der Waals surface area contributed by atoms with Gasteiger partial charge in [0.1, 0.15) is 0 Å². The van der Waals surface area contributed by atoms with E-state index in [1.165, 1.54) is 48.1 Å². The van der Waals surface area contributed by atoms with Crippen molar-refractivity contribution in [3.8, 4) is 10.4 Å². The van der Waals surface area contributed by atoms with Crippen LogP contribution in [-0.2, 0) is 16.0 Å². The van der Waals surface area contributed by atoms with Crippen LogP contribution in [0.4, 0.5) is 0 Å². The van der Waals surface area contributed by atoms with Gasteiger partial charge in [0.05, 0.1) is 5.41 Å². The lowest BCUT2D eigenvalue weighted by molar-refractivity contribution is -0.139. The number of rotatable bonds is 7. The fraction of sp³-hybridized carbons (Fsp3) is 0.538. The second-order valence-electron chi connectivity index (χ2n) is 9.38. The van der Waals surface area contributed by atoms with Gasteiger partial charge in [0.15, 0.2) is 0 Å². The van der Waals surface area contributed by atoms with Gasteiger partial charge in [-0.05, 0) is 54.2 Å². The molecule has 166 valence electrons. The van der Waals surface area contributed by atoms with Crippen LogP contribution in [0.3, 0.4) is 0 Å². The van der Waals surface area contributed by atoms with Crippen LogP contribution in [0.25, 0.3) is 10.4 Å². The number of nitrogens with two attached hydrogens (primary N) is 1. The van der Waals surface area contributed by atoms with E-state index in [2.05, 4.69) is 29.6 Å². The van der Waals surface area contributed by atoms with Gasteiger partial charge < -0.3 is 10.6 Å². The number of nitrogens with zero attached hydrogens (tertiary/aromatic N) is 1. The first-order valence-corrected chi connectivity index (χ1v) is 12.6. The van der Waals surface area contributed by atoms with Crippen molar-refractivity contribution in [2.75, 3.05) is 13.1 Å². The molecule has 1 saturated carbocycles. The summed E-state index contributed by atoms with van der Waals surface area (Å²) in [6.45, 7) is 1.27. The Labute approximate surface area is 189 Å². The van der Waals surface area contributed by atoms with Crippen molar-refractivity contribution >= 4 is 23.2 Å². The quantitative estimate of drug-likeness (QED) is 0.628. The predicted molar refractivity (Wildman–Crippen MR) is 127 cm³/mol. The van der Waals surface area contributed by atoms with E-state index >= 15 is 0 Å². The van der Waals surface area contributed by atoms with Crippen molar-refractivity contribution in [2.45, 2.75) is 64.2 Å². The second kappa shape index (κ2) is 9.99. The maximum absolute atomic E-state index is 12.8. The van der Waals surface area contributed by atoms with Crippen LogP contribution in [0, 0.1) is 11.3 Å². The van der Waals surface area contributed by atoms with E-state index in [4.69, 9.17) is 5.73 Å². The van der Waals surface area contributed by atoms with E-state index in [1.54, 1.807) is 11.3 Å². The molecule has 31 heavy (non-hydrogen) atoms. The third-order valence-electron chi connectivity index (χ3n) is 7.42. The van der Waals surface area contributed by atoms with E-state index < -0.39 is 5.41 Å². The summed E-state index contributed by atoms with van der Waals surface area (Å²) in [4.78, 5) is 28.6. The second-order valence-corrected chi connectivity index (χ2v) is 10.3. The highest BCUT2D eigenvalue weighted by molar-refractivity contribution is 7.13. The zero-order valence-electron chi connectivity index (χ0n) is 18.4. The van der Waals surface area contributed by atoms with Gasteiger partial charge in [0, 0.05) is 24.4 Å². The average molecular weight is 439 g/mol. The molecule has 1 aliphatic carbocycles. The van der Waals surface area contributed by atoms with Gasteiger partial charge in [-0.1, -0.05) is 62.4 Å². The van der Waals surface area contributed by atoms with Gasteiger partial charge in [0.2, 0.25) is 11.8 Å². The zero-order chi connectivity index (χ0) is 21.7. The summed E-state index contributed by atoms with van der Waals surface area (Å²) in [5.41, 5.74) is 7.73. The molecule has 0 radical (unpaired) electrons. The van der Waals surface area contributed by atoms with E-state index in [9.17, 15) is 9.59 Å². The maximum atomic E-state index is 12.8. The minimum Gasteiger partial charge on any atom is -0.369 e. The standard InChI is InChI=1S/C26H34N2O2S/c27-25(30)26(19-21-9-4-5-10-22(21)23-11-6-18-31-23)14-16-28(17-15-26)24(29)13-12-20-7-2-1-3-8-20/h4-6,9-11,18,20H,1-3,7-8,12-17,19H2,(H2,27,30). The Morgan fingerprint density at radius 3 is 2.45 bits per heavy atom. The van der Waals surface area contributed by atoms with Crippen LogP contribution in [0.1, 0.15) is 63.4 Å². The molecule has 2 fully saturated rings. The van der Waals surface area contributed by atoms with Crippen LogP contribution in [0.5, 0.6) is 0 Å². The van der Waals surface area contributed by atoms with Crippen LogP contribution in [-0.4, -0.2) is 29.8 Å². The summed E-state index contributed by atoms with van der Waals surface area (Å²) in [5, 5.41) is 2.08. The van der Waals surface area contributed by atoms with Gasteiger partial charge in [-0.2, -0.15) is 0 Å². The van der Waals surface area contributed by atoms with Crippen LogP contribution >= 0.6 is 11.3 Å². The van der Waals surface area contributed by atoms with Crippen molar-refractivity contribution in [2.24, 2.45) is 17.1 Å². The molecule has 0 atom stereocenters. The number of amides is 2. The maximum Gasteiger partial charge on any atom is 0.224 e. The number of hydrogen-bond acceptors (Lipinski definition) is 3. The number of hydrogen-bond donors (Lipinski definition) is 1. The Kier molecular flexibility index (Phi) is 7.11. The summed E-state index contributed by atoms with van der Waals surface area (Å²) in [6.07, 6.45) is 10.1.